The largest absolute Gasteiger partial charge is 0.311 e. The minimum Gasteiger partial charge on any atom is -0.311 e. The Kier molecular flexibility index (Phi) is 4.63. The predicted molar refractivity (Wildman–Crippen MR) is 67.3 cm³/mol. The van der Waals surface area contributed by atoms with E-state index in [2.05, 4.69) is 37.9 Å². The molecule has 0 spiro atoms. The summed E-state index contributed by atoms with van der Waals surface area (Å²) >= 11 is 5.59. The first-order valence-electron chi connectivity index (χ1n) is 5.71. The van der Waals surface area contributed by atoms with Gasteiger partial charge >= 0.3 is 0 Å². The van der Waals surface area contributed by atoms with Crippen LogP contribution in [0.2, 0.25) is 0 Å². The van der Waals surface area contributed by atoms with Crippen LogP contribution in [0.15, 0.2) is 11.6 Å². The van der Waals surface area contributed by atoms with Gasteiger partial charge in [-0.1, -0.05) is 31.5 Å². The van der Waals surface area contributed by atoms with Crippen LogP contribution in [0, 0.1) is 5.92 Å². The van der Waals surface area contributed by atoms with Gasteiger partial charge in [0, 0.05) is 36.8 Å². The molecular weight excluding hydrogens is 208 g/mol. The molecule has 1 unspecified atom stereocenters. The topological polar surface area (TPSA) is 15.3 Å². The third-order valence-corrected chi connectivity index (χ3v) is 3.47. The first-order chi connectivity index (χ1) is 6.97. The van der Waals surface area contributed by atoms with Crippen LogP contribution in [0.3, 0.4) is 0 Å². The van der Waals surface area contributed by atoms with E-state index in [1.807, 2.05) is 6.08 Å². The summed E-state index contributed by atoms with van der Waals surface area (Å²) in [5, 5.41) is 3.62. The molecule has 1 rings (SSSR count). The number of nitrogens with zero attached hydrogens (tertiary/aromatic N) is 1. The second-order valence-electron chi connectivity index (χ2n) is 5.31. The number of piperazine rings is 1. The van der Waals surface area contributed by atoms with Crippen LogP contribution < -0.4 is 5.32 Å². The number of hydrogen-bond donors (Lipinski definition) is 1. The summed E-state index contributed by atoms with van der Waals surface area (Å²) in [6, 6.07) is 0.599. The Labute approximate surface area is 98.7 Å². The van der Waals surface area contributed by atoms with Gasteiger partial charge < -0.3 is 5.32 Å². The predicted octanol–water partition coefficient (Wildman–Crippen LogP) is 2.45. The van der Waals surface area contributed by atoms with Crippen molar-refractivity contribution in [1.82, 2.24) is 10.2 Å². The van der Waals surface area contributed by atoms with Crippen LogP contribution in [0.5, 0.6) is 0 Å². The lowest BCUT2D eigenvalue weighted by Crippen LogP contribution is -2.63. The Morgan fingerprint density at radius 2 is 2.20 bits per heavy atom. The van der Waals surface area contributed by atoms with Gasteiger partial charge in [-0.15, -0.1) is 0 Å². The van der Waals surface area contributed by atoms with E-state index >= 15 is 0 Å². The van der Waals surface area contributed by atoms with Gasteiger partial charge in [0.1, 0.15) is 0 Å². The lowest BCUT2D eigenvalue weighted by Gasteiger charge is -2.47. The second kappa shape index (κ2) is 5.33. The van der Waals surface area contributed by atoms with E-state index < -0.39 is 0 Å². The molecular formula is C12H23ClN2. The van der Waals surface area contributed by atoms with Crippen LogP contribution in [0.4, 0.5) is 0 Å². The SMILES string of the molecule is CC(C)C1CN(C/C=C/Cl)C(C)(C)CN1. The molecule has 3 heteroatoms. The summed E-state index contributed by atoms with van der Waals surface area (Å²) in [6.07, 6.45) is 2.02. The fourth-order valence-electron chi connectivity index (χ4n) is 1.98. The number of nitrogens with one attached hydrogen (secondary N) is 1. The third kappa shape index (κ3) is 3.47. The first kappa shape index (κ1) is 13.0. The Bertz CT molecular complexity index is 224. The lowest BCUT2D eigenvalue weighted by molar-refractivity contribution is 0.0661. The van der Waals surface area contributed by atoms with Gasteiger partial charge in [-0.05, 0) is 19.8 Å². The van der Waals surface area contributed by atoms with Crippen LogP contribution in [-0.4, -0.2) is 36.1 Å². The molecule has 15 heavy (non-hydrogen) atoms. The van der Waals surface area contributed by atoms with Gasteiger partial charge in [0.2, 0.25) is 0 Å². The third-order valence-electron chi connectivity index (χ3n) is 3.29. The Balaban J connectivity index is 2.61. The molecule has 0 amide bonds. The highest BCUT2D eigenvalue weighted by molar-refractivity contribution is 6.25. The molecule has 1 atom stereocenters. The lowest BCUT2D eigenvalue weighted by atomic mass is 9.93. The minimum absolute atomic E-state index is 0.224. The van der Waals surface area contributed by atoms with Crippen molar-refractivity contribution in [3.05, 3.63) is 11.6 Å². The summed E-state index contributed by atoms with van der Waals surface area (Å²) in [7, 11) is 0. The van der Waals surface area contributed by atoms with Crippen molar-refractivity contribution in [3.63, 3.8) is 0 Å². The molecule has 0 radical (unpaired) electrons. The maximum Gasteiger partial charge on any atom is 0.0281 e. The molecule has 0 aromatic heterocycles. The molecule has 1 N–H and O–H groups in total. The molecule has 1 saturated heterocycles. The van der Waals surface area contributed by atoms with Crippen molar-refractivity contribution in [2.45, 2.75) is 39.3 Å². The van der Waals surface area contributed by atoms with Crippen molar-refractivity contribution < 1.29 is 0 Å². The number of rotatable bonds is 3. The second-order valence-corrected chi connectivity index (χ2v) is 5.56. The van der Waals surface area contributed by atoms with Crippen LogP contribution in [0.25, 0.3) is 0 Å². The molecule has 88 valence electrons. The zero-order chi connectivity index (χ0) is 11.5. The zero-order valence-corrected chi connectivity index (χ0v) is 11.0. The van der Waals surface area contributed by atoms with Gasteiger partial charge in [0.25, 0.3) is 0 Å². The van der Waals surface area contributed by atoms with Crippen molar-refractivity contribution in [2.24, 2.45) is 5.92 Å². The Hall–Kier alpha value is -0.0500. The highest BCUT2D eigenvalue weighted by Crippen LogP contribution is 2.21. The van der Waals surface area contributed by atoms with Gasteiger partial charge in [0.15, 0.2) is 0 Å². The quantitative estimate of drug-likeness (QED) is 0.802. The van der Waals surface area contributed by atoms with Crippen molar-refractivity contribution >= 4 is 11.6 Å². The molecule has 0 saturated carbocycles. The maximum atomic E-state index is 5.59. The smallest absolute Gasteiger partial charge is 0.0281 e. The molecule has 2 nitrogen and oxygen atoms in total. The van der Waals surface area contributed by atoms with Gasteiger partial charge in [-0.25, -0.2) is 0 Å². The zero-order valence-electron chi connectivity index (χ0n) is 10.3. The van der Waals surface area contributed by atoms with Gasteiger partial charge in [-0.2, -0.15) is 0 Å². The van der Waals surface area contributed by atoms with Gasteiger partial charge in [-0.3, -0.25) is 4.90 Å². The van der Waals surface area contributed by atoms with E-state index in [0.717, 1.165) is 19.6 Å². The Morgan fingerprint density at radius 3 is 2.73 bits per heavy atom. The van der Waals surface area contributed by atoms with Gasteiger partial charge in [0.05, 0.1) is 0 Å². The average Bonchev–Trinajstić information content (AvgIpc) is 2.15. The minimum atomic E-state index is 0.224. The summed E-state index contributed by atoms with van der Waals surface area (Å²) in [6.45, 7) is 12.2. The number of hydrogen-bond acceptors (Lipinski definition) is 2. The standard InChI is InChI=1S/C12H23ClN2/c1-10(2)11-8-15(7-5-6-13)12(3,4)9-14-11/h5-6,10-11,14H,7-9H2,1-4H3/b6-5+. The van der Waals surface area contributed by atoms with Crippen LogP contribution in [-0.2, 0) is 0 Å². The molecule has 1 fully saturated rings. The van der Waals surface area contributed by atoms with Crippen LogP contribution >= 0.6 is 11.6 Å². The van der Waals surface area contributed by atoms with Crippen molar-refractivity contribution in [3.8, 4) is 0 Å². The molecule has 0 aliphatic carbocycles. The first-order valence-corrected chi connectivity index (χ1v) is 6.14. The van der Waals surface area contributed by atoms with E-state index in [1.54, 1.807) is 5.54 Å². The Morgan fingerprint density at radius 1 is 1.53 bits per heavy atom. The average molecular weight is 231 g/mol. The molecule has 0 aromatic carbocycles. The van der Waals surface area contributed by atoms with E-state index in [-0.39, 0.29) is 5.54 Å². The van der Waals surface area contributed by atoms with E-state index in [9.17, 15) is 0 Å². The van der Waals surface area contributed by atoms with Crippen molar-refractivity contribution in [1.29, 1.82) is 0 Å². The summed E-state index contributed by atoms with van der Waals surface area (Å²) in [5.74, 6) is 0.684. The molecule has 0 bridgehead atoms. The highest BCUT2D eigenvalue weighted by atomic mass is 35.5. The van der Waals surface area contributed by atoms with Crippen LogP contribution in [0.1, 0.15) is 27.7 Å². The number of halogens is 1. The van der Waals surface area contributed by atoms with E-state index in [0.29, 0.717) is 12.0 Å². The monoisotopic (exact) mass is 230 g/mol. The fourth-order valence-corrected chi connectivity index (χ4v) is 2.06. The van der Waals surface area contributed by atoms with Crippen molar-refractivity contribution in [2.75, 3.05) is 19.6 Å². The summed E-state index contributed by atoms with van der Waals surface area (Å²) < 4.78 is 0. The fraction of sp³-hybridized carbons (Fsp3) is 0.833. The summed E-state index contributed by atoms with van der Waals surface area (Å²) in [5.41, 5.74) is 1.84. The molecule has 1 heterocycles. The molecule has 0 aromatic rings. The van der Waals surface area contributed by atoms with E-state index in [1.165, 1.54) is 0 Å². The summed E-state index contributed by atoms with van der Waals surface area (Å²) in [4.78, 5) is 2.49. The maximum absolute atomic E-state index is 5.59. The molecule has 1 aliphatic rings. The highest BCUT2D eigenvalue weighted by Gasteiger charge is 2.33. The normalized spacial score (nSPS) is 27.7. The van der Waals surface area contributed by atoms with E-state index in [4.69, 9.17) is 11.6 Å². The molecule has 1 aliphatic heterocycles.